The largest absolute Gasteiger partial charge is 0.306 e. The van der Waals surface area contributed by atoms with E-state index < -0.39 is 5.82 Å². The summed E-state index contributed by atoms with van der Waals surface area (Å²) in [5.41, 5.74) is 0.785. The maximum Gasteiger partial charge on any atom is 0.142 e. The van der Waals surface area contributed by atoms with Gasteiger partial charge in [0.15, 0.2) is 0 Å². The third-order valence-electron chi connectivity index (χ3n) is 4.83. The van der Waals surface area contributed by atoms with Crippen LogP contribution in [0.25, 0.3) is 0 Å². The zero-order valence-electron chi connectivity index (χ0n) is 12.2. The van der Waals surface area contributed by atoms with Crippen molar-refractivity contribution in [2.24, 2.45) is 0 Å². The molecule has 0 bridgehead atoms. The number of fused-ring (bicyclic) bond motifs is 1. The zero-order chi connectivity index (χ0) is 15.0. The van der Waals surface area contributed by atoms with Gasteiger partial charge >= 0.3 is 0 Å². The lowest BCUT2D eigenvalue weighted by molar-refractivity contribution is 0.177. The van der Waals surface area contributed by atoms with Crippen molar-refractivity contribution in [2.45, 2.75) is 50.7 Å². The summed E-state index contributed by atoms with van der Waals surface area (Å²) in [7, 11) is 0. The van der Waals surface area contributed by atoms with Gasteiger partial charge in [-0.2, -0.15) is 0 Å². The van der Waals surface area contributed by atoms with Gasteiger partial charge < -0.3 is 5.32 Å². The fraction of sp³-hybridized carbons (Fsp3) is 0.625. The normalized spacial score (nSPS) is 27.6. The summed E-state index contributed by atoms with van der Waals surface area (Å²) < 4.78 is 13.7. The van der Waals surface area contributed by atoms with Crippen LogP contribution in [-0.4, -0.2) is 30.1 Å². The molecule has 0 radical (unpaired) electrons. The molecule has 0 saturated carbocycles. The minimum absolute atomic E-state index is 0.0242. The highest BCUT2D eigenvalue weighted by Gasteiger charge is 2.36. The van der Waals surface area contributed by atoms with Crippen LogP contribution in [0.15, 0.2) is 12.1 Å². The summed E-state index contributed by atoms with van der Waals surface area (Å²) in [6.07, 6.45) is 5.03. The topological polar surface area (TPSA) is 15.3 Å². The van der Waals surface area contributed by atoms with Gasteiger partial charge in [0, 0.05) is 29.7 Å². The van der Waals surface area contributed by atoms with Gasteiger partial charge in [-0.25, -0.2) is 4.39 Å². The van der Waals surface area contributed by atoms with E-state index in [1.165, 1.54) is 37.9 Å². The van der Waals surface area contributed by atoms with E-state index in [2.05, 4.69) is 10.2 Å². The van der Waals surface area contributed by atoms with Crippen LogP contribution in [0.3, 0.4) is 0 Å². The minimum Gasteiger partial charge on any atom is -0.306 e. The van der Waals surface area contributed by atoms with Crippen molar-refractivity contribution in [3.8, 4) is 0 Å². The van der Waals surface area contributed by atoms with Crippen molar-refractivity contribution in [2.75, 3.05) is 13.1 Å². The van der Waals surface area contributed by atoms with Gasteiger partial charge in [0.25, 0.3) is 0 Å². The van der Waals surface area contributed by atoms with Crippen molar-refractivity contribution < 1.29 is 4.39 Å². The summed E-state index contributed by atoms with van der Waals surface area (Å²) in [5.74, 6) is -0.407. The Labute approximate surface area is 135 Å². The van der Waals surface area contributed by atoms with Crippen molar-refractivity contribution >= 4 is 23.2 Å². The highest BCUT2D eigenvalue weighted by Crippen LogP contribution is 2.32. The smallest absolute Gasteiger partial charge is 0.142 e. The van der Waals surface area contributed by atoms with Gasteiger partial charge in [0.05, 0.1) is 5.02 Å². The Morgan fingerprint density at radius 2 is 2.00 bits per heavy atom. The number of hydrogen-bond acceptors (Lipinski definition) is 2. The van der Waals surface area contributed by atoms with Gasteiger partial charge in [-0.05, 0) is 50.4 Å². The molecule has 2 saturated heterocycles. The Bertz CT molecular complexity index is 523. The quantitative estimate of drug-likeness (QED) is 0.826. The summed E-state index contributed by atoms with van der Waals surface area (Å²) >= 11 is 12.0. The van der Waals surface area contributed by atoms with Crippen LogP contribution in [0.4, 0.5) is 4.39 Å². The Balaban J connectivity index is 1.71. The zero-order valence-corrected chi connectivity index (χ0v) is 13.7. The number of piperidine rings is 1. The molecule has 3 rings (SSSR count). The Morgan fingerprint density at radius 3 is 2.81 bits per heavy atom. The van der Waals surface area contributed by atoms with E-state index in [9.17, 15) is 4.39 Å². The standard InChI is InChI=1S/C16H21Cl2FN2/c1-10(11-8-14(19)13(18)9-12(11)17)20-15-5-7-21-6-3-2-4-16(15)21/h8-10,15-16,20H,2-7H2,1H3. The lowest BCUT2D eigenvalue weighted by Crippen LogP contribution is -2.45. The maximum absolute atomic E-state index is 13.7. The van der Waals surface area contributed by atoms with Crippen LogP contribution in [0.5, 0.6) is 0 Å². The highest BCUT2D eigenvalue weighted by atomic mass is 35.5. The van der Waals surface area contributed by atoms with Gasteiger partial charge in [0.1, 0.15) is 5.82 Å². The molecule has 1 aromatic rings. The van der Waals surface area contributed by atoms with Crippen LogP contribution in [0, 0.1) is 5.82 Å². The molecule has 2 nitrogen and oxygen atoms in total. The van der Waals surface area contributed by atoms with Crippen molar-refractivity contribution in [1.29, 1.82) is 0 Å². The van der Waals surface area contributed by atoms with Crippen LogP contribution in [-0.2, 0) is 0 Å². The minimum atomic E-state index is -0.407. The molecule has 1 aromatic carbocycles. The Kier molecular flexibility index (Phi) is 4.75. The number of rotatable bonds is 3. The third kappa shape index (κ3) is 3.21. The molecular weight excluding hydrogens is 310 g/mol. The molecule has 0 spiro atoms. The van der Waals surface area contributed by atoms with Crippen molar-refractivity contribution in [3.05, 3.63) is 33.6 Å². The Hall–Kier alpha value is -0.350. The van der Waals surface area contributed by atoms with Gasteiger partial charge in [-0.1, -0.05) is 29.6 Å². The number of halogens is 3. The molecule has 116 valence electrons. The van der Waals surface area contributed by atoms with Crippen LogP contribution < -0.4 is 5.32 Å². The monoisotopic (exact) mass is 330 g/mol. The Morgan fingerprint density at radius 1 is 1.19 bits per heavy atom. The number of hydrogen-bond donors (Lipinski definition) is 1. The van der Waals surface area contributed by atoms with Crippen LogP contribution in [0.1, 0.15) is 44.2 Å². The molecule has 2 aliphatic heterocycles. The van der Waals surface area contributed by atoms with Gasteiger partial charge in [0.2, 0.25) is 0 Å². The lowest BCUT2D eigenvalue weighted by atomic mass is 9.97. The first kappa shape index (κ1) is 15.5. The molecule has 2 aliphatic rings. The summed E-state index contributed by atoms with van der Waals surface area (Å²) in [6.45, 7) is 4.42. The second-order valence-corrected chi connectivity index (χ2v) is 6.98. The molecule has 0 amide bonds. The first-order valence-electron chi connectivity index (χ1n) is 7.71. The molecule has 0 aromatic heterocycles. The predicted octanol–water partition coefficient (Wildman–Crippen LogP) is 4.41. The molecule has 1 N–H and O–H groups in total. The van der Waals surface area contributed by atoms with E-state index in [1.54, 1.807) is 0 Å². The van der Waals surface area contributed by atoms with Crippen LogP contribution in [0.2, 0.25) is 10.0 Å². The van der Waals surface area contributed by atoms with Gasteiger partial charge in [-0.3, -0.25) is 4.90 Å². The molecule has 21 heavy (non-hydrogen) atoms. The van der Waals surface area contributed by atoms with E-state index in [0.717, 1.165) is 18.5 Å². The molecule has 2 fully saturated rings. The lowest BCUT2D eigenvalue weighted by Gasteiger charge is -2.34. The third-order valence-corrected chi connectivity index (χ3v) is 5.44. The molecule has 3 atom stereocenters. The van der Waals surface area contributed by atoms with E-state index in [0.29, 0.717) is 17.1 Å². The molecule has 3 unspecified atom stereocenters. The van der Waals surface area contributed by atoms with E-state index in [-0.39, 0.29) is 11.1 Å². The second kappa shape index (κ2) is 6.41. The predicted molar refractivity (Wildman–Crippen MR) is 85.6 cm³/mol. The van der Waals surface area contributed by atoms with Crippen molar-refractivity contribution in [1.82, 2.24) is 10.2 Å². The average molecular weight is 331 g/mol. The molecule has 2 heterocycles. The molecule has 5 heteroatoms. The SMILES string of the molecule is CC(NC1CCN2CCCCC12)c1cc(F)c(Cl)cc1Cl. The first-order chi connectivity index (χ1) is 10.1. The van der Waals surface area contributed by atoms with E-state index >= 15 is 0 Å². The number of nitrogens with zero attached hydrogens (tertiary/aromatic N) is 1. The first-order valence-corrected chi connectivity index (χ1v) is 8.46. The molecular formula is C16H21Cl2FN2. The van der Waals surface area contributed by atoms with E-state index in [1.807, 2.05) is 6.92 Å². The summed E-state index contributed by atoms with van der Waals surface area (Å²) in [5, 5.41) is 4.25. The fourth-order valence-corrected chi connectivity index (χ4v) is 4.27. The summed E-state index contributed by atoms with van der Waals surface area (Å²) in [6, 6.07) is 4.06. The second-order valence-electron chi connectivity index (χ2n) is 6.17. The molecule has 0 aliphatic carbocycles. The number of benzene rings is 1. The summed E-state index contributed by atoms with van der Waals surface area (Å²) in [4.78, 5) is 2.58. The van der Waals surface area contributed by atoms with Crippen molar-refractivity contribution in [3.63, 3.8) is 0 Å². The van der Waals surface area contributed by atoms with Gasteiger partial charge in [-0.15, -0.1) is 0 Å². The maximum atomic E-state index is 13.7. The fourth-order valence-electron chi connectivity index (χ4n) is 3.72. The average Bonchev–Trinajstić information content (AvgIpc) is 2.86. The number of nitrogens with one attached hydrogen (secondary N) is 1. The van der Waals surface area contributed by atoms with Crippen LogP contribution >= 0.6 is 23.2 Å². The highest BCUT2D eigenvalue weighted by molar-refractivity contribution is 6.35. The van der Waals surface area contributed by atoms with E-state index in [4.69, 9.17) is 23.2 Å².